The summed E-state index contributed by atoms with van der Waals surface area (Å²) in [6.07, 6.45) is 7.68. The van der Waals surface area contributed by atoms with Crippen molar-refractivity contribution in [1.29, 1.82) is 0 Å². The van der Waals surface area contributed by atoms with Crippen molar-refractivity contribution in [2.45, 2.75) is 77.2 Å². The molecule has 3 aromatic carbocycles. The fraction of sp³-hybridized carbons (Fsp3) is 0.460. The first-order valence-electron chi connectivity index (χ1n) is 23.7. The van der Waals surface area contributed by atoms with Crippen LogP contribution in [-0.2, 0) is 20.6 Å². The van der Waals surface area contributed by atoms with E-state index in [0.717, 1.165) is 98.8 Å². The van der Waals surface area contributed by atoms with Crippen LogP contribution in [-0.4, -0.2) is 99.1 Å². The van der Waals surface area contributed by atoms with E-state index in [1.807, 2.05) is 36.1 Å². The SMILES string of the molecule is CCc1cc(Nc2ncc(Br)c(Nc3ccc4nc(C)ccc4c3P(C)(C)=O)n2)c(OC)cc1N1CCC(NCCNCCC2CCN(c3cc(F)c(C4CCC(=O)NC4=O)c(F)c3)CC2)CC1. The zero-order valence-corrected chi connectivity index (χ0v) is 42.0. The van der Waals surface area contributed by atoms with Crippen LogP contribution in [0.1, 0.15) is 74.6 Å². The first-order valence-corrected chi connectivity index (χ1v) is 27.1. The molecule has 2 amide bonds. The molecule has 8 rings (SSSR count). The van der Waals surface area contributed by atoms with Crippen LogP contribution < -0.4 is 46.4 Å². The van der Waals surface area contributed by atoms with Gasteiger partial charge in [0.2, 0.25) is 17.8 Å². The number of fused-ring (bicyclic) bond motifs is 1. The molecule has 0 bridgehead atoms. The number of nitrogens with zero attached hydrogens (tertiary/aromatic N) is 5. The summed E-state index contributed by atoms with van der Waals surface area (Å²) < 4.78 is 50.5. The van der Waals surface area contributed by atoms with Crippen LogP contribution in [0, 0.1) is 24.5 Å². The second-order valence-electron chi connectivity index (χ2n) is 18.5. The van der Waals surface area contributed by atoms with Crippen LogP contribution in [0.3, 0.4) is 0 Å². The zero-order valence-electron chi connectivity index (χ0n) is 39.5. The van der Waals surface area contributed by atoms with Crippen molar-refractivity contribution in [3.05, 3.63) is 87.7 Å². The van der Waals surface area contributed by atoms with E-state index in [9.17, 15) is 14.2 Å². The number of methoxy groups -OCH3 is 1. The highest BCUT2D eigenvalue weighted by molar-refractivity contribution is 9.10. The average Bonchev–Trinajstić information content (AvgIpc) is 3.31. The predicted octanol–water partition coefficient (Wildman–Crippen LogP) is 8.66. The number of anilines is 6. The number of nitrogens with one attached hydrogen (secondary N) is 5. The molecule has 1 unspecified atom stereocenters. The van der Waals surface area contributed by atoms with Gasteiger partial charge in [0.1, 0.15) is 30.3 Å². The Morgan fingerprint density at radius 2 is 1.62 bits per heavy atom. The maximum absolute atomic E-state index is 15.1. The predicted molar refractivity (Wildman–Crippen MR) is 271 cm³/mol. The van der Waals surface area contributed by atoms with Crippen LogP contribution in [0.2, 0.25) is 0 Å². The molecule has 5 aromatic rings. The number of ether oxygens (including phenoxy) is 1. The molecule has 68 heavy (non-hydrogen) atoms. The van der Waals surface area contributed by atoms with Gasteiger partial charge in [0.05, 0.1) is 34.4 Å². The van der Waals surface area contributed by atoms with Crippen molar-refractivity contribution in [2.24, 2.45) is 5.92 Å². The lowest BCUT2D eigenvalue weighted by Gasteiger charge is -2.35. The van der Waals surface area contributed by atoms with Gasteiger partial charge in [-0.05, 0) is 136 Å². The molecule has 3 aliphatic rings. The van der Waals surface area contributed by atoms with E-state index in [4.69, 9.17) is 9.72 Å². The number of amides is 2. The van der Waals surface area contributed by atoms with Gasteiger partial charge in [0.25, 0.3) is 0 Å². The van der Waals surface area contributed by atoms with Crippen molar-refractivity contribution < 1.29 is 27.7 Å². The monoisotopic (exact) mass is 1010 g/mol. The summed E-state index contributed by atoms with van der Waals surface area (Å²) in [7, 11) is -1.06. The second kappa shape index (κ2) is 21.6. The van der Waals surface area contributed by atoms with Gasteiger partial charge in [0.15, 0.2) is 0 Å². The number of pyridine rings is 1. The number of rotatable bonds is 17. The van der Waals surface area contributed by atoms with Crippen molar-refractivity contribution in [1.82, 2.24) is 30.9 Å². The van der Waals surface area contributed by atoms with E-state index in [1.54, 1.807) is 26.6 Å². The van der Waals surface area contributed by atoms with Crippen LogP contribution in [0.4, 0.5) is 43.3 Å². The van der Waals surface area contributed by atoms with Crippen LogP contribution in [0.25, 0.3) is 10.9 Å². The molecule has 5 N–H and O–H groups in total. The lowest BCUT2D eigenvalue weighted by Crippen LogP contribution is -2.44. The average molecular weight is 1020 g/mol. The lowest BCUT2D eigenvalue weighted by molar-refractivity contribution is -0.134. The third-order valence-electron chi connectivity index (χ3n) is 13.5. The van der Waals surface area contributed by atoms with Crippen molar-refractivity contribution in [3.8, 4) is 5.75 Å². The normalized spacial score (nSPS) is 17.4. The van der Waals surface area contributed by atoms with E-state index >= 15 is 8.78 Å². The minimum Gasteiger partial charge on any atom is -0.494 e. The molecular formula is C50H62BrF2N10O4P. The van der Waals surface area contributed by atoms with Gasteiger partial charge >= 0.3 is 0 Å². The maximum Gasteiger partial charge on any atom is 0.234 e. The van der Waals surface area contributed by atoms with E-state index in [2.05, 4.69) is 76.4 Å². The van der Waals surface area contributed by atoms with Crippen LogP contribution >= 0.6 is 23.1 Å². The summed E-state index contributed by atoms with van der Waals surface area (Å²) in [5, 5.41) is 17.9. The molecule has 0 aliphatic carbocycles. The molecule has 5 heterocycles. The Hall–Kier alpha value is -5.22. The number of hydrogen-bond donors (Lipinski definition) is 5. The minimum absolute atomic E-state index is 0.0667. The fourth-order valence-electron chi connectivity index (χ4n) is 9.85. The molecule has 2 aromatic heterocycles. The highest BCUT2D eigenvalue weighted by Gasteiger charge is 2.33. The molecule has 18 heteroatoms. The first-order chi connectivity index (χ1) is 32.7. The minimum atomic E-state index is -2.73. The Labute approximate surface area is 405 Å². The third-order valence-corrected chi connectivity index (χ3v) is 15.6. The molecule has 0 spiro atoms. The third kappa shape index (κ3) is 11.4. The van der Waals surface area contributed by atoms with Crippen LogP contribution in [0.15, 0.2) is 59.2 Å². The van der Waals surface area contributed by atoms with Crippen molar-refractivity contribution in [3.63, 3.8) is 0 Å². The Bertz CT molecular complexity index is 2680. The highest BCUT2D eigenvalue weighted by atomic mass is 79.9. The molecule has 362 valence electrons. The standard InChI is InChI=1S/C50H62BrF2N10O4P/c1-6-32-25-42(59-50-56-29-37(51)48(61-50)58-41-11-10-40-35(8-7-30(2)57-40)47(41)68(4,5)66)44(67-3)28-43(32)63-23-16-33(17-24-63)55-20-19-54-18-13-31-14-21-62(22-15-31)34-26-38(52)46(39(53)27-34)36-9-12-45(64)60-49(36)65/h7-8,10-11,25-29,31,33,36,54-55H,6,9,12-24H2,1-5H3,(H,60,64,65)(H2,56,58,59,61). The smallest absolute Gasteiger partial charge is 0.234 e. The van der Waals surface area contributed by atoms with Crippen molar-refractivity contribution >= 4 is 85.6 Å². The topological polar surface area (TPSA) is 166 Å². The summed E-state index contributed by atoms with van der Waals surface area (Å²) in [6, 6.07) is 15.1. The molecule has 0 radical (unpaired) electrons. The van der Waals surface area contributed by atoms with Gasteiger partial charge in [-0.2, -0.15) is 4.98 Å². The summed E-state index contributed by atoms with van der Waals surface area (Å²) in [5.41, 5.74) is 5.75. The fourth-order valence-corrected chi connectivity index (χ4v) is 11.6. The molecule has 3 saturated heterocycles. The number of carbonyl (C=O) groups is 2. The molecular weight excluding hydrogens is 953 g/mol. The molecule has 0 saturated carbocycles. The summed E-state index contributed by atoms with van der Waals surface area (Å²) in [6.45, 7) is 13.6. The van der Waals surface area contributed by atoms with Gasteiger partial charge in [0, 0.05) is 97.3 Å². The van der Waals surface area contributed by atoms with E-state index in [1.165, 1.54) is 23.4 Å². The highest BCUT2D eigenvalue weighted by Crippen LogP contribution is 2.43. The van der Waals surface area contributed by atoms with Gasteiger partial charge in [-0.1, -0.05) is 13.0 Å². The molecule has 3 aliphatic heterocycles. The number of carbonyl (C=O) groups excluding carboxylic acids is 2. The van der Waals surface area contributed by atoms with E-state index < -0.39 is 36.5 Å². The Morgan fingerprint density at radius 1 is 0.882 bits per heavy atom. The Morgan fingerprint density at radius 3 is 2.31 bits per heavy atom. The number of aromatic nitrogens is 3. The molecule has 1 atom stereocenters. The maximum atomic E-state index is 15.1. The van der Waals surface area contributed by atoms with Gasteiger partial charge in [-0.25, -0.2) is 13.8 Å². The number of imide groups is 1. The number of hydrogen-bond acceptors (Lipinski definition) is 13. The molecule has 14 nitrogen and oxygen atoms in total. The second-order valence-corrected chi connectivity index (χ2v) is 22.5. The first kappa shape index (κ1) is 49.2. The zero-order chi connectivity index (χ0) is 48.1. The Balaban J connectivity index is 0.785. The summed E-state index contributed by atoms with van der Waals surface area (Å²) in [5.74, 6) is -1.39. The van der Waals surface area contributed by atoms with Gasteiger partial charge in [-0.15, -0.1) is 0 Å². The lowest BCUT2D eigenvalue weighted by atomic mass is 9.89. The number of piperidine rings is 3. The van der Waals surface area contributed by atoms with Gasteiger partial charge in [-0.3, -0.25) is 19.9 Å². The number of aryl methyl sites for hydroxylation is 2. The van der Waals surface area contributed by atoms with Gasteiger partial charge < -0.3 is 40.4 Å². The van der Waals surface area contributed by atoms with E-state index in [-0.39, 0.29) is 18.4 Å². The summed E-state index contributed by atoms with van der Waals surface area (Å²) in [4.78, 5) is 42.3. The van der Waals surface area contributed by atoms with Crippen molar-refractivity contribution in [2.75, 3.05) is 86.7 Å². The number of benzene rings is 3. The number of halogens is 3. The Kier molecular flexibility index (Phi) is 15.6. The van der Waals surface area contributed by atoms with Crippen LogP contribution in [0.5, 0.6) is 5.75 Å². The van der Waals surface area contributed by atoms with E-state index in [0.29, 0.717) is 58.4 Å². The molecule has 3 fully saturated rings. The quantitative estimate of drug-likeness (QED) is 0.0342. The largest absolute Gasteiger partial charge is 0.494 e. The summed E-state index contributed by atoms with van der Waals surface area (Å²) >= 11 is 3.61.